The Hall–Kier alpha value is -2.88. The molecule has 0 atom stereocenters. The number of hydrogen-bond donors (Lipinski definition) is 0. The van der Waals surface area contributed by atoms with Crippen LogP contribution in [0.25, 0.3) is 11.4 Å². The van der Waals surface area contributed by atoms with E-state index >= 15 is 0 Å². The zero-order chi connectivity index (χ0) is 24.2. The van der Waals surface area contributed by atoms with E-state index in [1.807, 2.05) is 14.1 Å². The van der Waals surface area contributed by atoms with E-state index in [9.17, 15) is 22.8 Å². The van der Waals surface area contributed by atoms with E-state index in [0.717, 1.165) is 32.0 Å². The highest BCUT2D eigenvalue weighted by atomic mass is 19.2. The van der Waals surface area contributed by atoms with E-state index < -0.39 is 22.9 Å². The van der Waals surface area contributed by atoms with Crippen molar-refractivity contribution in [2.45, 2.75) is 38.8 Å². The first-order chi connectivity index (χ1) is 16.2. The van der Waals surface area contributed by atoms with Crippen LogP contribution in [0.3, 0.4) is 0 Å². The number of fused-ring (bicyclic) bond motifs is 1. The molecule has 1 aromatic heterocycles. The van der Waals surface area contributed by atoms with E-state index in [0.29, 0.717) is 50.8 Å². The molecule has 0 N–H and O–H groups in total. The quantitative estimate of drug-likeness (QED) is 0.627. The second-order valence-electron chi connectivity index (χ2n) is 9.77. The van der Waals surface area contributed by atoms with E-state index in [1.165, 1.54) is 0 Å². The second-order valence-corrected chi connectivity index (χ2v) is 9.77. The average Bonchev–Trinajstić information content (AvgIpc) is 3.20. The Morgan fingerprint density at radius 1 is 0.941 bits per heavy atom. The van der Waals surface area contributed by atoms with Crippen LogP contribution >= 0.6 is 0 Å². The van der Waals surface area contributed by atoms with E-state index in [1.54, 1.807) is 14.4 Å². The fourth-order valence-electron chi connectivity index (χ4n) is 5.54. The summed E-state index contributed by atoms with van der Waals surface area (Å²) in [4.78, 5) is 36.3. The van der Waals surface area contributed by atoms with Gasteiger partial charge in [-0.25, -0.2) is 18.2 Å². The molecule has 0 saturated carbocycles. The first kappa shape index (κ1) is 22.9. The molecule has 2 amide bonds. The van der Waals surface area contributed by atoms with Gasteiger partial charge in [0.2, 0.25) is 5.91 Å². The number of likely N-dealkylation sites (tertiary alicyclic amines) is 2. The monoisotopic (exact) mass is 475 g/mol. The number of benzene rings is 1. The maximum absolute atomic E-state index is 14.7. The molecule has 1 spiro atoms. The predicted octanol–water partition coefficient (Wildman–Crippen LogP) is 2.89. The van der Waals surface area contributed by atoms with Crippen molar-refractivity contribution in [1.29, 1.82) is 0 Å². The molecule has 5 rings (SSSR count). The van der Waals surface area contributed by atoms with Crippen LogP contribution in [0.2, 0.25) is 0 Å². The molecule has 0 bridgehead atoms. The van der Waals surface area contributed by atoms with Crippen molar-refractivity contribution in [3.05, 3.63) is 41.0 Å². The van der Waals surface area contributed by atoms with Gasteiger partial charge in [-0.05, 0) is 45.3 Å². The maximum Gasteiger partial charge on any atom is 0.274 e. The van der Waals surface area contributed by atoms with Gasteiger partial charge < -0.3 is 19.3 Å². The highest BCUT2D eigenvalue weighted by Crippen LogP contribution is 2.41. The largest absolute Gasteiger partial charge is 0.345 e. The Balaban J connectivity index is 1.49. The zero-order valence-electron chi connectivity index (χ0n) is 19.4. The second kappa shape index (κ2) is 8.41. The molecule has 2 fully saturated rings. The molecular formula is C24H28F3N5O2. The molecule has 2 aromatic rings. The fraction of sp³-hybridized carbons (Fsp3) is 0.542. The van der Waals surface area contributed by atoms with Crippen LogP contribution in [-0.2, 0) is 17.9 Å². The lowest BCUT2D eigenvalue weighted by atomic mass is 9.77. The molecule has 2 saturated heterocycles. The van der Waals surface area contributed by atoms with Crippen molar-refractivity contribution in [2.75, 3.05) is 40.3 Å². The Morgan fingerprint density at radius 2 is 1.62 bits per heavy atom. The number of imidazole rings is 1. The number of amides is 2. The van der Waals surface area contributed by atoms with Crippen LogP contribution in [0, 0.1) is 22.9 Å². The molecule has 0 aliphatic carbocycles. The van der Waals surface area contributed by atoms with Crippen molar-refractivity contribution in [2.24, 2.45) is 5.41 Å². The van der Waals surface area contributed by atoms with Crippen LogP contribution in [0.15, 0.2) is 12.1 Å². The van der Waals surface area contributed by atoms with Gasteiger partial charge in [-0.2, -0.15) is 0 Å². The minimum atomic E-state index is -1.27. The summed E-state index contributed by atoms with van der Waals surface area (Å²) in [6.45, 7) is 3.30. The van der Waals surface area contributed by atoms with Crippen molar-refractivity contribution in [1.82, 2.24) is 24.3 Å². The molecular weight excluding hydrogens is 447 g/mol. The summed E-state index contributed by atoms with van der Waals surface area (Å²) >= 11 is 0. The molecule has 182 valence electrons. The normalized spacial score (nSPS) is 20.7. The molecule has 4 heterocycles. The van der Waals surface area contributed by atoms with Crippen LogP contribution in [-0.4, -0.2) is 76.3 Å². The first-order valence-electron chi connectivity index (χ1n) is 11.7. The molecule has 1 aromatic carbocycles. The summed E-state index contributed by atoms with van der Waals surface area (Å²) in [5.74, 6) is -3.36. The minimum absolute atomic E-state index is 0.131. The van der Waals surface area contributed by atoms with Crippen LogP contribution < -0.4 is 0 Å². The van der Waals surface area contributed by atoms with Gasteiger partial charge in [0.15, 0.2) is 17.3 Å². The summed E-state index contributed by atoms with van der Waals surface area (Å²) in [6, 6.07) is 1.31. The third-order valence-corrected chi connectivity index (χ3v) is 7.60. The number of aromatic nitrogens is 2. The molecule has 0 radical (unpaired) electrons. The third-order valence-electron chi connectivity index (χ3n) is 7.60. The summed E-state index contributed by atoms with van der Waals surface area (Å²) in [6.07, 6.45) is 2.74. The zero-order valence-corrected chi connectivity index (χ0v) is 19.4. The summed E-state index contributed by atoms with van der Waals surface area (Å²) in [5, 5.41) is 0. The number of carbonyl (C=O) groups excluding carboxylic acids is 2. The first-order valence-corrected chi connectivity index (χ1v) is 11.7. The Bertz CT molecular complexity index is 1160. The lowest BCUT2D eigenvalue weighted by Gasteiger charge is -2.37. The van der Waals surface area contributed by atoms with Gasteiger partial charge in [0.25, 0.3) is 5.91 Å². The summed E-state index contributed by atoms with van der Waals surface area (Å²) in [5.41, 5.74) is 0.289. The van der Waals surface area contributed by atoms with Gasteiger partial charge >= 0.3 is 0 Å². The van der Waals surface area contributed by atoms with Gasteiger partial charge in [-0.15, -0.1) is 0 Å². The van der Waals surface area contributed by atoms with Crippen molar-refractivity contribution in [3.63, 3.8) is 0 Å². The van der Waals surface area contributed by atoms with Gasteiger partial charge in [-0.1, -0.05) is 0 Å². The topological polar surface area (TPSA) is 61.7 Å². The van der Waals surface area contributed by atoms with Gasteiger partial charge in [0.1, 0.15) is 11.6 Å². The smallest absolute Gasteiger partial charge is 0.274 e. The SMILES string of the molecule is CN1CCCn2c(-c3cc(F)c(F)cc3F)nc(C(=O)N3CCC4(CCN(C)C4=O)CC3)c2C1. The number of rotatable bonds is 2. The number of carbonyl (C=O) groups is 2. The van der Waals surface area contributed by atoms with Gasteiger partial charge in [0.05, 0.1) is 16.7 Å². The van der Waals surface area contributed by atoms with E-state index in [-0.39, 0.29) is 28.9 Å². The number of hydrogen-bond acceptors (Lipinski definition) is 4. The van der Waals surface area contributed by atoms with Crippen LogP contribution in [0.4, 0.5) is 13.2 Å². The standard InChI is InChI=1S/C24H28F3N5O2/c1-29-7-3-8-32-19(14-29)20(28-21(32)15-12-17(26)18(27)13-16(15)25)22(33)31-10-5-24(6-11-31)4-9-30(2)23(24)34/h12-13H,3-11,14H2,1-2H3. The average molecular weight is 476 g/mol. The molecule has 0 unspecified atom stereocenters. The van der Waals surface area contributed by atoms with Crippen LogP contribution in [0.5, 0.6) is 0 Å². The molecule has 34 heavy (non-hydrogen) atoms. The predicted molar refractivity (Wildman–Crippen MR) is 118 cm³/mol. The number of nitrogens with zero attached hydrogens (tertiary/aromatic N) is 5. The van der Waals surface area contributed by atoms with Gasteiger partial charge in [-0.3, -0.25) is 9.59 Å². The lowest BCUT2D eigenvalue weighted by molar-refractivity contribution is -0.137. The Labute approximate surface area is 196 Å². The maximum atomic E-state index is 14.7. The third kappa shape index (κ3) is 3.68. The van der Waals surface area contributed by atoms with Crippen molar-refractivity contribution in [3.8, 4) is 11.4 Å². The van der Waals surface area contributed by atoms with Crippen molar-refractivity contribution < 1.29 is 22.8 Å². The lowest BCUT2D eigenvalue weighted by Crippen LogP contribution is -2.46. The minimum Gasteiger partial charge on any atom is -0.345 e. The highest BCUT2D eigenvalue weighted by molar-refractivity contribution is 5.95. The Morgan fingerprint density at radius 3 is 2.29 bits per heavy atom. The molecule has 3 aliphatic heterocycles. The van der Waals surface area contributed by atoms with Crippen molar-refractivity contribution >= 4 is 11.8 Å². The fourth-order valence-corrected chi connectivity index (χ4v) is 5.54. The summed E-state index contributed by atoms with van der Waals surface area (Å²) in [7, 11) is 3.74. The van der Waals surface area contributed by atoms with E-state index in [4.69, 9.17) is 0 Å². The summed E-state index contributed by atoms with van der Waals surface area (Å²) < 4.78 is 44.0. The van der Waals surface area contributed by atoms with Gasteiger partial charge in [0, 0.05) is 45.8 Å². The number of halogens is 3. The molecule has 10 heteroatoms. The van der Waals surface area contributed by atoms with Crippen LogP contribution in [0.1, 0.15) is 41.9 Å². The Kier molecular flexibility index (Phi) is 5.66. The molecule has 3 aliphatic rings. The highest BCUT2D eigenvalue weighted by Gasteiger charge is 2.47. The molecule has 7 nitrogen and oxygen atoms in total. The number of piperidine rings is 1. The van der Waals surface area contributed by atoms with E-state index in [2.05, 4.69) is 9.88 Å².